The van der Waals surface area contributed by atoms with E-state index in [1.54, 1.807) is 19.1 Å². The first-order valence-electron chi connectivity index (χ1n) is 9.02. The van der Waals surface area contributed by atoms with Crippen LogP contribution in [0, 0.1) is 5.92 Å². The predicted octanol–water partition coefficient (Wildman–Crippen LogP) is 4.25. The van der Waals surface area contributed by atoms with Crippen molar-refractivity contribution in [2.45, 2.75) is 31.4 Å². The van der Waals surface area contributed by atoms with Crippen LogP contribution in [0.2, 0.25) is 0 Å². The highest BCUT2D eigenvalue weighted by atomic mass is 79.9. The van der Waals surface area contributed by atoms with Gasteiger partial charge in [0.2, 0.25) is 0 Å². The van der Waals surface area contributed by atoms with Gasteiger partial charge < -0.3 is 10.1 Å². The lowest BCUT2D eigenvalue weighted by Crippen LogP contribution is -2.29. The number of nitrogens with one attached hydrogen (secondary N) is 1. The molecule has 0 radical (unpaired) electrons. The van der Waals surface area contributed by atoms with E-state index in [9.17, 15) is 18.0 Å². The van der Waals surface area contributed by atoms with E-state index in [4.69, 9.17) is 4.74 Å². The third kappa shape index (κ3) is 4.75. The Morgan fingerprint density at radius 3 is 2.79 bits per heavy atom. The first kappa shape index (κ1) is 20.9. The van der Waals surface area contributed by atoms with Crippen molar-refractivity contribution in [2.75, 3.05) is 19.8 Å². The zero-order valence-electron chi connectivity index (χ0n) is 15.4. The third-order valence-electron chi connectivity index (χ3n) is 4.65. The molecule has 1 saturated heterocycles. The number of halogens is 4. The van der Waals surface area contributed by atoms with Crippen LogP contribution in [0.25, 0.3) is 11.1 Å². The van der Waals surface area contributed by atoms with Crippen LogP contribution in [0.15, 0.2) is 24.4 Å². The lowest BCUT2D eigenvalue weighted by atomic mass is 10.00. The molecule has 1 aliphatic rings. The molecule has 0 spiro atoms. The Kier molecular flexibility index (Phi) is 6.44. The molecule has 0 bridgehead atoms. The number of rotatable bonds is 6. The van der Waals surface area contributed by atoms with Crippen LogP contribution in [0.4, 0.5) is 13.2 Å². The van der Waals surface area contributed by atoms with Crippen molar-refractivity contribution in [2.24, 2.45) is 5.92 Å². The van der Waals surface area contributed by atoms with Crippen molar-refractivity contribution < 1.29 is 22.7 Å². The van der Waals surface area contributed by atoms with Gasteiger partial charge in [-0.25, -0.2) is 0 Å². The largest absolute Gasteiger partial charge is 0.435 e. The number of hydrogen-bond acceptors (Lipinski definition) is 3. The molecule has 1 amide bonds. The fourth-order valence-electron chi connectivity index (χ4n) is 3.14. The smallest absolute Gasteiger partial charge is 0.381 e. The second-order valence-corrected chi connectivity index (χ2v) is 7.30. The number of nitrogens with zero attached hydrogens (tertiary/aromatic N) is 2. The maximum absolute atomic E-state index is 13.4. The van der Waals surface area contributed by atoms with E-state index in [2.05, 4.69) is 26.3 Å². The SMILES string of the molecule is CCn1cc(-c2cc(CBr)cc(C(=O)NCC3CCOC3)c2)c(C(F)(F)F)n1. The van der Waals surface area contributed by atoms with E-state index in [1.165, 1.54) is 16.9 Å². The molecule has 1 aromatic heterocycles. The minimum atomic E-state index is -4.58. The molecular weight excluding hydrogens is 439 g/mol. The topological polar surface area (TPSA) is 56.2 Å². The molecule has 1 fully saturated rings. The summed E-state index contributed by atoms with van der Waals surface area (Å²) in [7, 11) is 0. The molecule has 1 N–H and O–H groups in total. The summed E-state index contributed by atoms with van der Waals surface area (Å²) in [5, 5.41) is 6.93. The Bertz CT molecular complexity index is 845. The zero-order valence-corrected chi connectivity index (χ0v) is 16.9. The molecule has 28 heavy (non-hydrogen) atoms. The average Bonchev–Trinajstić information content (AvgIpc) is 3.34. The summed E-state index contributed by atoms with van der Waals surface area (Å²) in [5.41, 5.74) is 0.372. The monoisotopic (exact) mass is 459 g/mol. The van der Waals surface area contributed by atoms with Crippen molar-refractivity contribution in [1.82, 2.24) is 15.1 Å². The van der Waals surface area contributed by atoms with Gasteiger partial charge in [-0.15, -0.1) is 0 Å². The Morgan fingerprint density at radius 1 is 1.39 bits per heavy atom. The average molecular weight is 460 g/mol. The van der Waals surface area contributed by atoms with Gasteiger partial charge in [-0.1, -0.05) is 22.0 Å². The van der Waals surface area contributed by atoms with Crippen LogP contribution in [0.5, 0.6) is 0 Å². The maximum Gasteiger partial charge on any atom is 0.435 e. The summed E-state index contributed by atoms with van der Waals surface area (Å²) >= 11 is 3.33. The van der Waals surface area contributed by atoms with Gasteiger partial charge in [0, 0.05) is 48.3 Å². The molecule has 1 aromatic carbocycles. The minimum absolute atomic E-state index is 0.0320. The summed E-state index contributed by atoms with van der Waals surface area (Å²) in [5.74, 6) is -0.0465. The molecule has 3 rings (SSSR count). The predicted molar refractivity (Wildman–Crippen MR) is 102 cm³/mol. The number of benzene rings is 1. The summed E-state index contributed by atoms with van der Waals surface area (Å²) in [6.45, 7) is 3.81. The number of aryl methyl sites for hydroxylation is 1. The molecule has 1 unspecified atom stereocenters. The molecule has 1 atom stereocenters. The summed E-state index contributed by atoms with van der Waals surface area (Å²) in [6, 6.07) is 4.80. The number of amides is 1. The highest BCUT2D eigenvalue weighted by Crippen LogP contribution is 2.37. The Balaban J connectivity index is 1.93. The van der Waals surface area contributed by atoms with Gasteiger partial charge in [-0.3, -0.25) is 9.48 Å². The maximum atomic E-state index is 13.4. The van der Waals surface area contributed by atoms with Crippen molar-refractivity contribution in [3.05, 3.63) is 41.2 Å². The number of hydrogen-bond donors (Lipinski definition) is 1. The van der Waals surface area contributed by atoms with E-state index < -0.39 is 11.9 Å². The van der Waals surface area contributed by atoms with E-state index in [1.807, 2.05) is 0 Å². The number of alkyl halides is 4. The molecule has 152 valence electrons. The van der Waals surface area contributed by atoms with Gasteiger partial charge in [0.1, 0.15) is 0 Å². The third-order valence-corrected chi connectivity index (χ3v) is 5.30. The molecule has 0 saturated carbocycles. The normalized spacial score (nSPS) is 17.1. The first-order chi connectivity index (χ1) is 13.3. The Morgan fingerprint density at radius 2 is 2.18 bits per heavy atom. The molecule has 5 nitrogen and oxygen atoms in total. The number of aromatic nitrogens is 2. The summed E-state index contributed by atoms with van der Waals surface area (Å²) < 4.78 is 46.9. The van der Waals surface area contributed by atoms with Crippen molar-refractivity contribution in [3.63, 3.8) is 0 Å². The van der Waals surface area contributed by atoms with Gasteiger partial charge in [0.05, 0.1) is 6.61 Å². The second kappa shape index (κ2) is 8.65. The number of ether oxygens (including phenoxy) is 1. The van der Waals surface area contributed by atoms with Gasteiger partial charge in [0.15, 0.2) is 5.69 Å². The minimum Gasteiger partial charge on any atom is -0.381 e. The van der Waals surface area contributed by atoms with E-state index in [0.29, 0.717) is 48.3 Å². The fraction of sp³-hybridized carbons (Fsp3) is 0.474. The molecule has 1 aliphatic heterocycles. The van der Waals surface area contributed by atoms with E-state index >= 15 is 0 Å². The summed E-state index contributed by atoms with van der Waals surface area (Å²) in [4.78, 5) is 12.6. The van der Waals surface area contributed by atoms with E-state index in [0.717, 1.165) is 6.42 Å². The molecule has 2 heterocycles. The second-order valence-electron chi connectivity index (χ2n) is 6.74. The standard InChI is InChI=1S/C19H21BrF3N3O2/c1-2-26-10-16(17(25-26)19(21,22)23)14-5-13(8-20)6-15(7-14)18(27)24-9-12-3-4-28-11-12/h5-7,10,12H,2-4,8-9,11H2,1H3,(H,24,27). The quantitative estimate of drug-likeness (QED) is 0.656. The number of carbonyl (C=O) groups is 1. The Labute approximate surface area is 169 Å². The van der Waals surface area contributed by atoms with Crippen molar-refractivity contribution in [1.29, 1.82) is 0 Å². The number of carbonyl (C=O) groups excluding carboxylic acids is 1. The lowest BCUT2D eigenvalue weighted by molar-refractivity contribution is -0.141. The molecule has 2 aromatic rings. The van der Waals surface area contributed by atoms with Crippen LogP contribution in [-0.4, -0.2) is 35.4 Å². The van der Waals surface area contributed by atoms with Crippen LogP contribution < -0.4 is 5.32 Å². The van der Waals surface area contributed by atoms with Crippen LogP contribution in [0.1, 0.15) is 35.0 Å². The highest BCUT2D eigenvalue weighted by molar-refractivity contribution is 9.08. The van der Waals surface area contributed by atoms with Gasteiger partial charge in [-0.05, 0) is 36.6 Å². The van der Waals surface area contributed by atoms with Crippen molar-refractivity contribution >= 4 is 21.8 Å². The van der Waals surface area contributed by atoms with Gasteiger partial charge in [-0.2, -0.15) is 18.3 Å². The van der Waals surface area contributed by atoms with Crippen molar-refractivity contribution in [3.8, 4) is 11.1 Å². The Hall–Kier alpha value is -1.87. The first-order valence-corrected chi connectivity index (χ1v) is 10.1. The van der Waals surface area contributed by atoms with Gasteiger partial charge in [0.25, 0.3) is 5.91 Å². The summed E-state index contributed by atoms with van der Waals surface area (Å²) in [6.07, 6.45) is -2.32. The van der Waals surface area contributed by atoms with Crippen LogP contribution in [-0.2, 0) is 22.8 Å². The van der Waals surface area contributed by atoms with Crippen LogP contribution in [0.3, 0.4) is 0 Å². The highest BCUT2D eigenvalue weighted by Gasteiger charge is 2.37. The molecular formula is C19H21BrF3N3O2. The molecule has 0 aliphatic carbocycles. The zero-order chi connectivity index (χ0) is 20.3. The van der Waals surface area contributed by atoms with Crippen LogP contribution >= 0.6 is 15.9 Å². The molecule has 9 heteroatoms. The lowest BCUT2D eigenvalue weighted by Gasteiger charge is -2.12. The van der Waals surface area contributed by atoms with Gasteiger partial charge >= 0.3 is 6.18 Å². The van der Waals surface area contributed by atoms with E-state index in [-0.39, 0.29) is 17.4 Å². The fourth-order valence-corrected chi connectivity index (χ4v) is 3.47.